The van der Waals surface area contributed by atoms with Gasteiger partial charge in [-0.05, 0) is 66.2 Å². The van der Waals surface area contributed by atoms with Crippen LogP contribution in [0, 0.1) is 11.6 Å². The van der Waals surface area contributed by atoms with Crippen LogP contribution in [0.3, 0.4) is 0 Å². The van der Waals surface area contributed by atoms with Gasteiger partial charge >= 0.3 is 53.7 Å². The Labute approximate surface area is 363 Å². The molecule has 0 aliphatic heterocycles. The smallest absolute Gasteiger partial charge is 0.460 e. The standard InChI is InChI=1S/C38H41F19N2O6Si/c1-21(2)66(22(3)4,19-16-31(41,42)32(43,44)33(45,46)34(47,48)35(49,50)36(51,52)37(53,54)38(55,56)57)64-18-17-63-25-13-10-23(11-14-25)28(8-6-5-7-9-29(60)59-62)65-30(61)58-27-15-12-24(39)20-26(27)40/h7,9-15,20-22,28,62H,5-6,8,16-19H2,1-4H3,(H,58,61)(H,59,60)/b9-7+/t28-/m1/s1. The van der Waals surface area contributed by atoms with Crippen molar-refractivity contribution in [3.05, 3.63) is 71.8 Å². The molecule has 0 aliphatic carbocycles. The molecule has 0 saturated carbocycles. The molecule has 0 aliphatic rings. The Morgan fingerprint density at radius 2 is 1.23 bits per heavy atom. The fourth-order valence-corrected chi connectivity index (χ4v) is 10.8. The van der Waals surface area contributed by atoms with Crippen molar-refractivity contribution in [3.8, 4) is 5.75 Å². The van der Waals surface area contributed by atoms with Gasteiger partial charge in [-0.3, -0.25) is 15.3 Å². The van der Waals surface area contributed by atoms with Crippen molar-refractivity contribution in [1.29, 1.82) is 0 Å². The molecule has 8 nitrogen and oxygen atoms in total. The second-order valence-electron chi connectivity index (χ2n) is 15.1. The van der Waals surface area contributed by atoms with E-state index in [1.54, 1.807) is 0 Å². The summed E-state index contributed by atoms with van der Waals surface area (Å²) >= 11 is 0. The number of hydrogen-bond acceptors (Lipinski definition) is 6. The zero-order valence-corrected chi connectivity index (χ0v) is 35.5. The molecular formula is C38H41F19N2O6Si. The van der Waals surface area contributed by atoms with Crippen LogP contribution in [0.25, 0.3) is 0 Å². The van der Waals surface area contributed by atoms with Crippen LogP contribution in [-0.2, 0) is 14.0 Å². The molecule has 0 bridgehead atoms. The van der Waals surface area contributed by atoms with Crippen LogP contribution >= 0.6 is 0 Å². The Morgan fingerprint density at radius 3 is 1.71 bits per heavy atom. The summed E-state index contributed by atoms with van der Waals surface area (Å²) in [5, 5.41) is 10.7. The third kappa shape index (κ3) is 12.0. The van der Waals surface area contributed by atoms with E-state index < -0.39 is 128 Å². The quantitative estimate of drug-likeness (QED) is 0.0242. The third-order valence-electron chi connectivity index (χ3n) is 10.2. The minimum Gasteiger partial charge on any atom is -0.491 e. The van der Waals surface area contributed by atoms with Gasteiger partial charge in [0.05, 0.1) is 12.3 Å². The zero-order chi connectivity index (χ0) is 51.1. The van der Waals surface area contributed by atoms with Crippen molar-refractivity contribution in [2.24, 2.45) is 0 Å². The minimum absolute atomic E-state index is 0.0444. The van der Waals surface area contributed by atoms with Gasteiger partial charge in [-0.1, -0.05) is 45.9 Å². The number of nitrogens with one attached hydrogen (secondary N) is 2. The number of hydroxylamine groups is 1. The molecule has 0 radical (unpaired) electrons. The first-order valence-electron chi connectivity index (χ1n) is 19.0. The second kappa shape index (κ2) is 21.2. The number of benzene rings is 2. The molecule has 0 aromatic heterocycles. The number of ether oxygens (including phenoxy) is 2. The van der Waals surface area contributed by atoms with Gasteiger partial charge < -0.3 is 13.9 Å². The summed E-state index contributed by atoms with van der Waals surface area (Å²) in [4.78, 5) is 23.9. The lowest BCUT2D eigenvalue weighted by atomic mass is 9.88. The molecule has 2 aromatic carbocycles. The zero-order valence-electron chi connectivity index (χ0n) is 34.5. The molecule has 0 spiro atoms. The number of alkyl halides is 17. The predicted molar refractivity (Wildman–Crippen MR) is 196 cm³/mol. The van der Waals surface area contributed by atoms with Gasteiger partial charge in [0.1, 0.15) is 30.1 Å². The van der Waals surface area contributed by atoms with Gasteiger partial charge in [0.2, 0.25) is 0 Å². The van der Waals surface area contributed by atoms with Crippen molar-refractivity contribution in [3.63, 3.8) is 0 Å². The van der Waals surface area contributed by atoms with E-state index >= 15 is 0 Å². The van der Waals surface area contributed by atoms with Gasteiger partial charge in [0.15, 0.2) is 8.32 Å². The van der Waals surface area contributed by atoms with E-state index in [-0.39, 0.29) is 25.0 Å². The van der Waals surface area contributed by atoms with Crippen molar-refractivity contribution in [2.75, 3.05) is 18.5 Å². The van der Waals surface area contributed by atoms with Gasteiger partial charge in [0, 0.05) is 18.6 Å². The van der Waals surface area contributed by atoms with Crippen LogP contribution in [0.5, 0.6) is 5.75 Å². The third-order valence-corrected chi connectivity index (χ3v) is 15.9. The Hall–Kier alpha value is -4.47. The first-order chi connectivity index (χ1) is 29.9. The normalized spacial score (nSPS) is 14.5. The Balaban J connectivity index is 2.27. The van der Waals surface area contributed by atoms with Gasteiger partial charge in [-0.25, -0.2) is 19.1 Å². The number of carbonyl (C=O) groups excluding carboxylic acids is 2. The highest BCUT2D eigenvalue weighted by Crippen LogP contribution is 2.64. The number of allylic oxidation sites excluding steroid dienone is 1. The SMILES string of the molecule is CC(C)[Si](CCC(F)(F)C(F)(F)C(F)(F)C(F)(F)C(F)(F)C(F)(F)C(F)(F)C(F)(F)F)(OCCOc1ccc([C@@H](CCC/C=C/C(=O)NO)OC(=O)Nc2ccc(F)cc2F)cc1)C(C)C. The highest BCUT2D eigenvalue weighted by molar-refractivity contribution is 6.76. The fraction of sp³-hybridized carbons (Fsp3) is 0.579. The maximum Gasteiger partial charge on any atom is 0.460 e. The number of rotatable bonds is 24. The number of amides is 2. The summed E-state index contributed by atoms with van der Waals surface area (Å²) < 4.78 is 280. The predicted octanol–water partition coefficient (Wildman–Crippen LogP) is 13.0. The Morgan fingerprint density at radius 1 is 0.712 bits per heavy atom. The number of unbranched alkanes of at least 4 members (excludes halogenated alkanes) is 1. The summed E-state index contributed by atoms with van der Waals surface area (Å²) in [6.07, 6.45) is -9.75. The van der Waals surface area contributed by atoms with Crippen molar-refractivity contribution < 1.29 is 112 Å². The molecule has 2 amide bonds. The van der Waals surface area contributed by atoms with Crippen molar-refractivity contribution in [2.45, 2.75) is 124 Å². The lowest BCUT2D eigenvalue weighted by molar-refractivity contribution is -0.461. The number of anilines is 1. The van der Waals surface area contributed by atoms with E-state index in [9.17, 15) is 93.0 Å². The Bertz CT molecular complexity index is 1960. The maximum absolute atomic E-state index is 15.0. The van der Waals surface area contributed by atoms with Crippen LogP contribution in [0.15, 0.2) is 54.6 Å². The van der Waals surface area contributed by atoms with Gasteiger partial charge in [-0.15, -0.1) is 0 Å². The van der Waals surface area contributed by atoms with E-state index in [0.29, 0.717) is 11.6 Å². The second-order valence-corrected chi connectivity index (χ2v) is 20.1. The molecule has 1 atom stereocenters. The molecule has 0 unspecified atom stereocenters. The molecule has 376 valence electrons. The molecule has 0 fully saturated rings. The number of hydrogen-bond donors (Lipinski definition) is 3. The largest absolute Gasteiger partial charge is 0.491 e. The number of carbonyl (C=O) groups is 2. The fourth-order valence-electron chi connectivity index (χ4n) is 6.33. The lowest BCUT2D eigenvalue weighted by Gasteiger charge is -2.44. The monoisotopic (exact) mass is 1010 g/mol. The molecule has 3 N–H and O–H groups in total. The molecule has 66 heavy (non-hydrogen) atoms. The van der Waals surface area contributed by atoms with Crippen LogP contribution in [0.1, 0.15) is 65.0 Å². The Kier molecular flexibility index (Phi) is 18.5. The van der Waals surface area contributed by atoms with Crippen LogP contribution < -0.4 is 15.5 Å². The highest BCUT2D eigenvalue weighted by Gasteiger charge is 2.95. The van der Waals surface area contributed by atoms with Crippen LogP contribution in [0.4, 0.5) is 93.9 Å². The molecule has 2 rings (SSSR count). The van der Waals surface area contributed by atoms with Crippen LogP contribution in [-0.4, -0.2) is 86.4 Å². The molecule has 0 heterocycles. The van der Waals surface area contributed by atoms with Crippen molar-refractivity contribution >= 4 is 26.0 Å². The van der Waals surface area contributed by atoms with Gasteiger partial charge in [-0.2, -0.15) is 74.6 Å². The summed E-state index contributed by atoms with van der Waals surface area (Å²) in [6.45, 7) is 4.08. The summed E-state index contributed by atoms with van der Waals surface area (Å²) in [5.74, 6) is -59.9. The molecule has 28 heteroatoms. The maximum atomic E-state index is 15.0. The summed E-state index contributed by atoms with van der Waals surface area (Å²) in [7, 11) is -4.05. The van der Waals surface area contributed by atoms with Crippen LogP contribution in [0.2, 0.25) is 17.1 Å². The van der Waals surface area contributed by atoms with E-state index in [0.717, 1.165) is 18.2 Å². The molecule has 2 aromatic rings. The minimum atomic E-state index is -8.72. The average molecular weight is 1010 g/mol. The van der Waals surface area contributed by atoms with E-state index in [4.69, 9.17) is 19.1 Å². The van der Waals surface area contributed by atoms with Crippen molar-refractivity contribution in [1.82, 2.24) is 5.48 Å². The van der Waals surface area contributed by atoms with E-state index in [2.05, 4.69) is 5.32 Å². The first kappa shape index (κ1) is 57.7. The summed E-state index contributed by atoms with van der Waals surface area (Å²) in [5.41, 5.74) is -0.601. The molecular weight excluding hydrogens is 969 g/mol. The lowest BCUT2D eigenvalue weighted by Crippen LogP contribution is -2.74. The average Bonchev–Trinajstić information content (AvgIpc) is 3.20. The highest BCUT2D eigenvalue weighted by atomic mass is 28.4. The molecule has 0 saturated heterocycles. The van der Waals surface area contributed by atoms with Gasteiger partial charge in [0.25, 0.3) is 5.91 Å². The first-order valence-corrected chi connectivity index (χ1v) is 21.3. The summed E-state index contributed by atoms with van der Waals surface area (Å²) in [6, 6.07) is 6.29. The van der Waals surface area contributed by atoms with E-state index in [1.165, 1.54) is 63.5 Å². The topological polar surface area (TPSA) is 106 Å². The number of halogens is 19. The van der Waals surface area contributed by atoms with E-state index in [1.807, 2.05) is 0 Å².